The van der Waals surface area contributed by atoms with Crippen LogP contribution in [-0.2, 0) is 28.7 Å². The highest BCUT2D eigenvalue weighted by Gasteiger charge is 2.65. The largest absolute Gasteiger partial charge is 0.480 e. The van der Waals surface area contributed by atoms with Crippen LogP contribution in [0.2, 0.25) is 0 Å². The third kappa shape index (κ3) is 3.25. The molecule has 9 heteroatoms. The first kappa shape index (κ1) is 19.3. The number of carbonyl (C=O) groups is 4. The molecule has 3 aliphatic heterocycles. The number of carboxylic acid groups (broad SMARTS) is 1. The number of rotatable bonds is 4. The lowest BCUT2D eigenvalue weighted by molar-refractivity contribution is -0.157. The van der Waals surface area contributed by atoms with E-state index >= 15 is 0 Å². The van der Waals surface area contributed by atoms with Crippen molar-refractivity contribution in [2.24, 2.45) is 11.8 Å². The minimum atomic E-state index is -1.16. The quantitative estimate of drug-likeness (QED) is 0.644. The molecule has 3 saturated heterocycles. The first-order valence-corrected chi connectivity index (χ1v) is 7.84. The van der Waals surface area contributed by atoms with Crippen molar-refractivity contribution in [2.45, 2.75) is 45.4 Å². The molecule has 0 aromatic heterocycles. The number of ether oxygens (including phenoxy) is 2. The molecule has 3 rings (SSSR count). The van der Waals surface area contributed by atoms with Crippen LogP contribution in [0.1, 0.15) is 27.7 Å². The molecular formula is C16H24N2O7. The third-order valence-electron chi connectivity index (χ3n) is 4.87. The van der Waals surface area contributed by atoms with Crippen LogP contribution in [0.15, 0.2) is 0 Å². The van der Waals surface area contributed by atoms with Gasteiger partial charge in [-0.05, 0) is 19.3 Å². The molecule has 2 N–H and O–H groups in total. The summed E-state index contributed by atoms with van der Waals surface area (Å²) in [5, 5.41) is 10.8. The second-order valence-corrected chi connectivity index (χ2v) is 6.92. The summed E-state index contributed by atoms with van der Waals surface area (Å²) in [7, 11) is 0. The van der Waals surface area contributed by atoms with Crippen LogP contribution in [0.3, 0.4) is 0 Å². The van der Waals surface area contributed by atoms with E-state index in [0.29, 0.717) is 13.0 Å². The standard InChI is InChI=1S/C15H20N2O7.CH4/c1-7-3-15(2)12(10-11(24-15)14(22)16-13(10)21)17(4-7)8(18)5-23-6-9(19)20;/h7,10-12H,3-6H2,1-2H3,(H,19,20)(H,16,21,22);1H4/t7-,10-,11-,12-,15-;/m0./s1. The molecule has 5 atom stereocenters. The second kappa shape index (κ2) is 6.72. The molecule has 0 aromatic rings. The topological polar surface area (TPSA) is 122 Å². The Morgan fingerprint density at radius 3 is 2.68 bits per heavy atom. The SMILES string of the molecule is C.C[C@@H]1CN(C(=O)COCC(=O)O)[C@H]2[C@H]3C(=O)NC(=O)[C@H]3O[C@@]2(C)C1. The second-order valence-electron chi connectivity index (χ2n) is 6.92. The molecule has 3 fully saturated rings. The van der Waals surface area contributed by atoms with Crippen molar-refractivity contribution < 1.29 is 33.8 Å². The van der Waals surface area contributed by atoms with Gasteiger partial charge >= 0.3 is 5.97 Å². The average Bonchev–Trinajstić information content (AvgIpc) is 2.91. The van der Waals surface area contributed by atoms with E-state index in [-0.39, 0.29) is 13.3 Å². The van der Waals surface area contributed by atoms with Gasteiger partial charge in [0.1, 0.15) is 13.2 Å². The van der Waals surface area contributed by atoms with Gasteiger partial charge in [0.25, 0.3) is 5.91 Å². The molecule has 0 aliphatic carbocycles. The smallest absolute Gasteiger partial charge is 0.329 e. The lowest BCUT2D eigenvalue weighted by Gasteiger charge is -2.47. The van der Waals surface area contributed by atoms with Crippen molar-refractivity contribution in [3.8, 4) is 0 Å². The highest BCUT2D eigenvalue weighted by Crippen LogP contribution is 2.47. The van der Waals surface area contributed by atoms with Crippen molar-refractivity contribution in [1.82, 2.24) is 10.2 Å². The predicted octanol–water partition coefficient (Wildman–Crippen LogP) is -0.609. The fourth-order valence-corrected chi connectivity index (χ4v) is 4.22. The fraction of sp³-hybridized carbons (Fsp3) is 0.750. The summed E-state index contributed by atoms with van der Waals surface area (Å²) in [5.41, 5.74) is -0.789. The number of hydrogen-bond acceptors (Lipinski definition) is 6. The van der Waals surface area contributed by atoms with Gasteiger partial charge in [-0.1, -0.05) is 14.4 Å². The van der Waals surface area contributed by atoms with E-state index in [1.54, 1.807) is 0 Å². The molecule has 0 radical (unpaired) electrons. The number of carbonyl (C=O) groups excluding carboxylic acids is 3. The summed E-state index contributed by atoms with van der Waals surface area (Å²) < 4.78 is 10.8. The van der Waals surface area contributed by atoms with Gasteiger partial charge in [-0.25, -0.2) is 4.79 Å². The molecule has 140 valence electrons. The van der Waals surface area contributed by atoms with Gasteiger partial charge < -0.3 is 19.5 Å². The van der Waals surface area contributed by atoms with Gasteiger partial charge in [0.2, 0.25) is 11.8 Å². The fourth-order valence-electron chi connectivity index (χ4n) is 4.22. The number of nitrogens with one attached hydrogen (secondary N) is 1. The van der Waals surface area contributed by atoms with E-state index in [2.05, 4.69) is 5.32 Å². The summed E-state index contributed by atoms with van der Waals surface area (Å²) in [5.74, 6) is -3.09. The zero-order valence-electron chi connectivity index (χ0n) is 13.5. The van der Waals surface area contributed by atoms with Gasteiger partial charge in [0.15, 0.2) is 6.10 Å². The Labute approximate surface area is 145 Å². The van der Waals surface area contributed by atoms with Crippen LogP contribution in [0.4, 0.5) is 0 Å². The Bertz CT molecular complexity index is 607. The van der Waals surface area contributed by atoms with Crippen molar-refractivity contribution >= 4 is 23.7 Å². The van der Waals surface area contributed by atoms with Crippen LogP contribution in [0, 0.1) is 11.8 Å². The Morgan fingerprint density at radius 2 is 2.04 bits per heavy atom. The summed E-state index contributed by atoms with van der Waals surface area (Å²) in [6.45, 7) is 3.21. The van der Waals surface area contributed by atoms with Crippen LogP contribution in [0.25, 0.3) is 0 Å². The van der Waals surface area contributed by atoms with Gasteiger partial charge in [-0.3, -0.25) is 19.7 Å². The first-order chi connectivity index (χ1) is 11.2. The maximum Gasteiger partial charge on any atom is 0.329 e. The highest BCUT2D eigenvalue weighted by atomic mass is 16.5. The van der Waals surface area contributed by atoms with E-state index in [9.17, 15) is 19.2 Å². The van der Waals surface area contributed by atoms with E-state index in [1.165, 1.54) is 4.90 Å². The number of carboxylic acids is 1. The number of piperidine rings is 1. The van der Waals surface area contributed by atoms with Gasteiger partial charge in [-0.2, -0.15) is 0 Å². The normalized spacial score (nSPS) is 36.3. The van der Waals surface area contributed by atoms with E-state index in [0.717, 1.165) is 0 Å². The van der Waals surface area contributed by atoms with Crippen molar-refractivity contribution in [3.05, 3.63) is 0 Å². The minimum absolute atomic E-state index is 0. The van der Waals surface area contributed by atoms with Crippen LogP contribution < -0.4 is 5.32 Å². The zero-order chi connectivity index (χ0) is 17.6. The maximum atomic E-state index is 12.5. The van der Waals surface area contributed by atoms with E-state index in [1.807, 2.05) is 13.8 Å². The molecule has 3 amide bonds. The predicted molar refractivity (Wildman–Crippen MR) is 84.4 cm³/mol. The molecule has 0 spiro atoms. The minimum Gasteiger partial charge on any atom is -0.480 e. The number of nitrogens with zero attached hydrogens (tertiary/aromatic N) is 1. The summed E-state index contributed by atoms with van der Waals surface area (Å²) in [6, 6.07) is -0.564. The summed E-state index contributed by atoms with van der Waals surface area (Å²) >= 11 is 0. The average molecular weight is 356 g/mol. The Morgan fingerprint density at radius 1 is 1.36 bits per heavy atom. The molecule has 25 heavy (non-hydrogen) atoms. The number of fused-ring (bicyclic) bond motifs is 3. The lowest BCUT2D eigenvalue weighted by atomic mass is 9.77. The van der Waals surface area contributed by atoms with Crippen molar-refractivity contribution in [1.29, 1.82) is 0 Å². The zero-order valence-corrected chi connectivity index (χ0v) is 13.5. The Hall–Kier alpha value is -2.00. The Balaban J connectivity index is 0.00000225. The highest BCUT2D eigenvalue weighted by molar-refractivity contribution is 6.07. The van der Waals surface area contributed by atoms with E-state index < -0.39 is 60.6 Å². The van der Waals surface area contributed by atoms with Crippen LogP contribution >= 0.6 is 0 Å². The lowest BCUT2D eigenvalue weighted by Crippen LogP contribution is -2.61. The number of likely N-dealkylation sites (tertiary alicyclic amines) is 1. The van der Waals surface area contributed by atoms with Crippen LogP contribution in [-0.4, -0.2) is 71.2 Å². The summed E-state index contributed by atoms with van der Waals surface area (Å²) in [4.78, 5) is 48.6. The number of amides is 3. The third-order valence-corrected chi connectivity index (χ3v) is 4.87. The van der Waals surface area contributed by atoms with Gasteiger partial charge in [0, 0.05) is 6.54 Å². The number of imide groups is 1. The molecule has 0 aromatic carbocycles. The van der Waals surface area contributed by atoms with Gasteiger partial charge in [0.05, 0.1) is 17.6 Å². The van der Waals surface area contributed by atoms with Crippen molar-refractivity contribution in [2.75, 3.05) is 19.8 Å². The number of aliphatic carboxylic acids is 1. The molecular weight excluding hydrogens is 332 g/mol. The Kier molecular flexibility index (Phi) is 5.19. The number of hydrogen-bond donors (Lipinski definition) is 2. The molecule has 3 heterocycles. The maximum absolute atomic E-state index is 12.5. The van der Waals surface area contributed by atoms with Gasteiger partial charge in [-0.15, -0.1) is 0 Å². The monoisotopic (exact) mass is 356 g/mol. The first-order valence-electron chi connectivity index (χ1n) is 7.84. The molecule has 0 saturated carbocycles. The van der Waals surface area contributed by atoms with Crippen molar-refractivity contribution in [3.63, 3.8) is 0 Å². The molecule has 0 bridgehead atoms. The summed E-state index contributed by atoms with van der Waals surface area (Å²) in [6.07, 6.45) is -0.251. The molecule has 3 aliphatic rings. The van der Waals surface area contributed by atoms with E-state index in [4.69, 9.17) is 14.6 Å². The molecule has 9 nitrogen and oxygen atoms in total. The molecule has 0 unspecified atom stereocenters. The van der Waals surface area contributed by atoms with Crippen LogP contribution in [0.5, 0.6) is 0 Å².